The van der Waals surface area contributed by atoms with Crippen LogP contribution < -0.4 is 10.1 Å². The van der Waals surface area contributed by atoms with Gasteiger partial charge in [0, 0.05) is 32.2 Å². The zero-order valence-electron chi connectivity index (χ0n) is 14.4. The summed E-state index contributed by atoms with van der Waals surface area (Å²) in [4.78, 5) is 6.84. The van der Waals surface area contributed by atoms with E-state index in [1.165, 1.54) is 0 Å². The number of hydrogen-bond donors (Lipinski definition) is 1. The van der Waals surface area contributed by atoms with E-state index >= 15 is 0 Å². The third-order valence-electron chi connectivity index (χ3n) is 3.26. The molecular formula is C17H30IN3O. The standard InChI is InChI=1S/C17H29N3O.HI/c1-6-18-17(19-12-11-14(2)3)20(4)13-15-9-7-8-10-16(15)21-5;/h7-10,14H,6,11-13H2,1-5H3,(H,18,19);1H. The van der Waals surface area contributed by atoms with Gasteiger partial charge in [-0.1, -0.05) is 32.0 Å². The lowest BCUT2D eigenvalue weighted by Gasteiger charge is -2.23. The first-order valence-electron chi connectivity index (χ1n) is 7.69. The van der Waals surface area contributed by atoms with Crippen LogP contribution in [-0.4, -0.2) is 38.1 Å². The summed E-state index contributed by atoms with van der Waals surface area (Å²) in [7, 11) is 3.77. The summed E-state index contributed by atoms with van der Waals surface area (Å²) >= 11 is 0. The Morgan fingerprint density at radius 3 is 2.59 bits per heavy atom. The molecule has 0 saturated carbocycles. The molecule has 0 fully saturated rings. The number of aliphatic imine (C=N–C) groups is 1. The Balaban J connectivity index is 0.00000441. The van der Waals surface area contributed by atoms with E-state index in [1.54, 1.807) is 7.11 Å². The highest BCUT2D eigenvalue weighted by molar-refractivity contribution is 14.0. The zero-order chi connectivity index (χ0) is 15.7. The Morgan fingerprint density at radius 1 is 1.32 bits per heavy atom. The zero-order valence-corrected chi connectivity index (χ0v) is 16.8. The number of rotatable bonds is 7. The predicted octanol–water partition coefficient (Wildman–Crippen LogP) is 3.76. The molecule has 0 aliphatic heterocycles. The lowest BCUT2D eigenvalue weighted by Crippen LogP contribution is -2.38. The van der Waals surface area contributed by atoms with E-state index in [4.69, 9.17) is 9.73 Å². The van der Waals surface area contributed by atoms with Gasteiger partial charge in [0.05, 0.1) is 7.11 Å². The second-order valence-corrected chi connectivity index (χ2v) is 5.59. The molecule has 0 aromatic heterocycles. The summed E-state index contributed by atoms with van der Waals surface area (Å²) < 4.78 is 5.41. The monoisotopic (exact) mass is 419 g/mol. The van der Waals surface area contributed by atoms with Gasteiger partial charge in [-0.25, -0.2) is 0 Å². The minimum Gasteiger partial charge on any atom is -0.496 e. The molecule has 0 amide bonds. The minimum atomic E-state index is 0. The van der Waals surface area contributed by atoms with Crippen LogP contribution in [0.1, 0.15) is 32.8 Å². The number of guanidine groups is 1. The van der Waals surface area contributed by atoms with Crippen LogP contribution in [0.3, 0.4) is 0 Å². The van der Waals surface area contributed by atoms with Gasteiger partial charge in [-0.3, -0.25) is 4.99 Å². The molecule has 0 bridgehead atoms. The fourth-order valence-corrected chi connectivity index (χ4v) is 2.06. The molecule has 126 valence electrons. The van der Waals surface area contributed by atoms with Crippen LogP contribution in [-0.2, 0) is 6.54 Å². The first kappa shape index (κ1) is 21.0. The van der Waals surface area contributed by atoms with E-state index in [0.717, 1.165) is 43.3 Å². The predicted molar refractivity (Wildman–Crippen MR) is 105 cm³/mol. The summed E-state index contributed by atoms with van der Waals surface area (Å²) in [6.07, 6.45) is 1.11. The smallest absolute Gasteiger partial charge is 0.193 e. The normalized spacial score (nSPS) is 11.1. The quantitative estimate of drug-likeness (QED) is 0.416. The third kappa shape index (κ3) is 7.33. The summed E-state index contributed by atoms with van der Waals surface area (Å²) in [6.45, 7) is 9.04. The van der Waals surface area contributed by atoms with E-state index in [-0.39, 0.29) is 24.0 Å². The molecule has 0 aliphatic rings. The number of ether oxygens (including phenoxy) is 1. The maximum Gasteiger partial charge on any atom is 0.193 e. The van der Waals surface area contributed by atoms with Crippen LogP contribution in [0.25, 0.3) is 0 Å². The molecule has 22 heavy (non-hydrogen) atoms. The maximum absolute atomic E-state index is 5.41. The Labute approximate surface area is 152 Å². The molecule has 1 N–H and O–H groups in total. The molecule has 1 rings (SSSR count). The SMILES string of the molecule is CCNC(=NCCC(C)C)N(C)Cc1ccccc1OC.I. The van der Waals surface area contributed by atoms with Gasteiger partial charge in [0.2, 0.25) is 0 Å². The lowest BCUT2D eigenvalue weighted by atomic mass is 10.1. The topological polar surface area (TPSA) is 36.9 Å². The highest BCUT2D eigenvalue weighted by Gasteiger charge is 2.09. The van der Waals surface area contributed by atoms with Gasteiger partial charge in [-0.05, 0) is 25.3 Å². The van der Waals surface area contributed by atoms with E-state index in [1.807, 2.05) is 18.2 Å². The van der Waals surface area contributed by atoms with Crippen molar-refractivity contribution in [2.45, 2.75) is 33.7 Å². The highest BCUT2D eigenvalue weighted by atomic mass is 127. The Hall–Kier alpha value is -0.980. The van der Waals surface area contributed by atoms with Crippen LogP contribution >= 0.6 is 24.0 Å². The average molecular weight is 419 g/mol. The molecule has 0 atom stereocenters. The van der Waals surface area contributed by atoms with Gasteiger partial charge in [0.15, 0.2) is 5.96 Å². The highest BCUT2D eigenvalue weighted by Crippen LogP contribution is 2.18. The number of nitrogens with zero attached hydrogens (tertiary/aromatic N) is 2. The van der Waals surface area contributed by atoms with Crippen molar-refractivity contribution in [2.24, 2.45) is 10.9 Å². The molecular weight excluding hydrogens is 389 g/mol. The molecule has 0 spiro atoms. The average Bonchev–Trinajstić information content (AvgIpc) is 2.46. The van der Waals surface area contributed by atoms with E-state index < -0.39 is 0 Å². The number of halogens is 1. The van der Waals surface area contributed by atoms with Crippen molar-refractivity contribution in [2.75, 3.05) is 27.2 Å². The number of para-hydroxylation sites is 1. The Kier molecular flexibility index (Phi) is 11.1. The first-order valence-corrected chi connectivity index (χ1v) is 7.69. The van der Waals surface area contributed by atoms with Gasteiger partial charge in [-0.2, -0.15) is 0 Å². The first-order chi connectivity index (χ1) is 10.1. The van der Waals surface area contributed by atoms with Gasteiger partial charge in [0.1, 0.15) is 5.75 Å². The number of nitrogens with one attached hydrogen (secondary N) is 1. The fourth-order valence-electron chi connectivity index (χ4n) is 2.06. The van der Waals surface area contributed by atoms with Crippen molar-refractivity contribution >= 4 is 29.9 Å². The van der Waals surface area contributed by atoms with Gasteiger partial charge >= 0.3 is 0 Å². The number of benzene rings is 1. The second-order valence-electron chi connectivity index (χ2n) is 5.59. The molecule has 0 unspecified atom stereocenters. The van der Waals surface area contributed by atoms with Crippen molar-refractivity contribution in [1.29, 1.82) is 0 Å². The summed E-state index contributed by atoms with van der Waals surface area (Å²) in [5, 5.41) is 3.35. The molecule has 0 saturated heterocycles. The molecule has 5 heteroatoms. The summed E-state index contributed by atoms with van der Waals surface area (Å²) in [5.41, 5.74) is 1.16. The van der Waals surface area contributed by atoms with Gasteiger partial charge in [-0.15, -0.1) is 24.0 Å². The largest absolute Gasteiger partial charge is 0.496 e. The van der Waals surface area contributed by atoms with Crippen molar-refractivity contribution in [1.82, 2.24) is 10.2 Å². The van der Waals surface area contributed by atoms with E-state index in [2.05, 4.69) is 44.1 Å². The summed E-state index contributed by atoms with van der Waals surface area (Å²) in [6, 6.07) is 8.11. The second kappa shape index (κ2) is 11.6. The van der Waals surface area contributed by atoms with Gasteiger partial charge in [0.25, 0.3) is 0 Å². The summed E-state index contributed by atoms with van der Waals surface area (Å²) in [5.74, 6) is 2.54. The van der Waals surface area contributed by atoms with Crippen molar-refractivity contribution in [3.63, 3.8) is 0 Å². The van der Waals surface area contributed by atoms with Crippen LogP contribution in [0, 0.1) is 5.92 Å². The molecule has 0 heterocycles. The van der Waals surface area contributed by atoms with Crippen LogP contribution in [0.5, 0.6) is 5.75 Å². The number of hydrogen-bond acceptors (Lipinski definition) is 2. The van der Waals surface area contributed by atoms with Crippen molar-refractivity contribution in [3.05, 3.63) is 29.8 Å². The van der Waals surface area contributed by atoms with E-state index in [0.29, 0.717) is 5.92 Å². The van der Waals surface area contributed by atoms with Crippen LogP contribution in [0.15, 0.2) is 29.3 Å². The third-order valence-corrected chi connectivity index (χ3v) is 3.26. The molecule has 4 nitrogen and oxygen atoms in total. The van der Waals surface area contributed by atoms with Gasteiger partial charge < -0.3 is 15.0 Å². The molecule has 1 aromatic carbocycles. The molecule has 0 radical (unpaired) electrons. The Morgan fingerprint density at radius 2 is 2.00 bits per heavy atom. The van der Waals surface area contributed by atoms with Crippen molar-refractivity contribution in [3.8, 4) is 5.75 Å². The molecule has 1 aromatic rings. The minimum absolute atomic E-state index is 0. The maximum atomic E-state index is 5.41. The van der Waals surface area contributed by atoms with Crippen molar-refractivity contribution < 1.29 is 4.74 Å². The fraction of sp³-hybridized carbons (Fsp3) is 0.588. The van der Waals surface area contributed by atoms with Crippen LogP contribution in [0.2, 0.25) is 0 Å². The lowest BCUT2D eigenvalue weighted by molar-refractivity contribution is 0.396. The molecule has 0 aliphatic carbocycles. The Bertz CT molecular complexity index is 449. The van der Waals surface area contributed by atoms with Crippen LogP contribution in [0.4, 0.5) is 0 Å². The van der Waals surface area contributed by atoms with E-state index in [9.17, 15) is 0 Å². The number of methoxy groups -OCH3 is 1.